The van der Waals surface area contributed by atoms with Gasteiger partial charge in [-0.3, -0.25) is 4.98 Å². The zero-order valence-corrected chi connectivity index (χ0v) is 23.5. The summed E-state index contributed by atoms with van der Waals surface area (Å²) in [5.41, 5.74) is 6.49. The van der Waals surface area contributed by atoms with Crippen molar-refractivity contribution in [2.45, 2.75) is 23.7 Å². The van der Waals surface area contributed by atoms with E-state index in [1.807, 2.05) is 48.5 Å². The topological polar surface area (TPSA) is 73.4 Å². The van der Waals surface area contributed by atoms with Crippen molar-refractivity contribution in [3.05, 3.63) is 120 Å². The number of nitrogens with zero attached hydrogens (tertiary/aromatic N) is 1. The van der Waals surface area contributed by atoms with Gasteiger partial charge in [-0.25, -0.2) is 9.18 Å². The Morgan fingerprint density at radius 1 is 0.905 bits per heavy atom. The van der Waals surface area contributed by atoms with Crippen molar-refractivity contribution in [3.63, 3.8) is 0 Å². The van der Waals surface area contributed by atoms with E-state index < -0.39 is 11.8 Å². The first-order valence-electron chi connectivity index (χ1n) is 13.8. The Morgan fingerprint density at radius 3 is 2.40 bits per heavy atom. The van der Waals surface area contributed by atoms with E-state index in [1.54, 1.807) is 36.3 Å². The third-order valence-electron chi connectivity index (χ3n) is 7.64. The van der Waals surface area contributed by atoms with Crippen LogP contribution in [0.25, 0.3) is 33.6 Å². The molecule has 1 saturated heterocycles. The lowest BCUT2D eigenvalue weighted by Crippen LogP contribution is -2.31. The highest BCUT2D eigenvalue weighted by molar-refractivity contribution is 7.99. The Balaban J connectivity index is 1.42. The van der Waals surface area contributed by atoms with Gasteiger partial charge in [0.1, 0.15) is 12.4 Å². The lowest BCUT2D eigenvalue weighted by molar-refractivity contribution is -0.169. The lowest BCUT2D eigenvalue weighted by atomic mass is 9.94. The predicted molar refractivity (Wildman–Crippen MR) is 159 cm³/mol. The molecule has 0 radical (unpaired) electrons. The zero-order chi connectivity index (χ0) is 28.5. The summed E-state index contributed by atoms with van der Waals surface area (Å²) >= 11 is 1.77. The molecule has 2 aromatic heterocycles. The van der Waals surface area contributed by atoms with Crippen molar-refractivity contribution < 1.29 is 23.4 Å². The highest BCUT2D eigenvalue weighted by Crippen LogP contribution is 2.48. The molecule has 8 heteroatoms. The summed E-state index contributed by atoms with van der Waals surface area (Å²) in [6.45, 7) is 1.20. The monoisotopic (exact) mass is 578 g/mol. The van der Waals surface area contributed by atoms with Crippen LogP contribution in [0, 0.1) is 5.82 Å². The van der Waals surface area contributed by atoms with Gasteiger partial charge in [-0.15, -0.1) is 11.8 Å². The first-order chi connectivity index (χ1) is 20.6. The van der Waals surface area contributed by atoms with Crippen LogP contribution in [0.15, 0.2) is 102 Å². The van der Waals surface area contributed by atoms with E-state index in [-0.39, 0.29) is 12.4 Å². The first kappa shape index (κ1) is 26.6. The van der Waals surface area contributed by atoms with Gasteiger partial charge in [-0.2, -0.15) is 0 Å². The minimum absolute atomic E-state index is 0.123. The molecule has 2 aliphatic rings. The predicted octanol–water partition coefficient (Wildman–Crippen LogP) is 7.60. The molecule has 6 nitrogen and oxygen atoms in total. The summed E-state index contributed by atoms with van der Waals surface area (Å²) in [5.74, 6) is -0.703. The van der Waals surface area contributed by atoms with Gasteiger partial charge in [0.2, 0.25) is 0 Å². The number of aromatic nitrogens is 2. The Morgan fingerprint density at radius 2 is 1.64 bits per heavy atom. The molecular weight excluding hydrogens is 551 g/mol. The number of carbonyl (C=O) groups is 1. The van der Waals surface area contributed by atoms with Crippen molar-refractivity contribution in [1.29, 1.82) is 0 Å². The van der Waals surface area contributed by atoms with Crippen molar-refractivity contribution in [1.82, 2.24) is 9.97 Å². The summed E-state index contributed by atoms with van der Waals surface area (Å²) in [7, 11) is 0. The zero-order valence-electron chi connectivity index (χ0n) is 22.6. The summed E-state index contributed by atoms with van der Waals surface area (Å²) in [4.78, 5) is 22.9. The number of thioether (sulfide) groups is 1. The van der Waals surface area contributed by atoms with Gasteiger partial charge in [-0.05, 0) is 70.8 Å². The number of ether oxygens (including phenoxy) is 3. The molecule has 1 fully saturated rings. The summed E-state index contributed by atoms with van der Waals surface area (Å²) in [5, 5.41) is 0. The third kappa shape index (κ3) is 4.91. The number of benzene rings is 3. The largest absolute Gasteiger partial charge is 0.457 e. The van der Waals surface area contributed by atoms with Crippen LogP contribution in [0.4, 0.5) is 4.39 Å². The van der Waals surface area contributed by atoms with E-state index in [9.17, 15) is 9.18 Å². The number of pyridine rings is 1. The van der Waals surface area contributed by atoms with Crippen LogP contribution >= 0.6 is 11.8 Å². The maximum atomic E-state index is 14.1. The summed E-state index contributed by atoms with van der Waals surface area (Å²) in [6.07, 6.45) is 4.11. The van der Waals surface area contributed by atoms with Gasteiger partial charge < -0.3 is 19.2 Å². The average Bonchev–Trinajstić information content (AvgIpc) is 3.67. The third-order valence-corrected chi connectivity index (χ3v) is 8.72. The summed E-state index contributed by atoms with van der Waals surface area (Å²) < 4.78 is 32.2. The minimum atomic E-state index is -0.787. The standard InChI is InChI=1S/C34H27FN2O4S/c35-26-9-6-24(7-10-26)31-29(23-12-15-36-16-13-23)30(33(38)39-21-22-4-2-1-3-5-22)32(37-31)25-8-11-28-27(20-25)34(14-19-42-28)40-17-18-41-34/h1-13,15-16,20,37H,14,17-19,21H2. The average molecular weight is 579 g/mol. The number of nitrogens with one attached hydrogen (secondary N) is 1. The second-order valence-electron chi connectivity index (χ2n) is 10.2. The van der Waals surface area contributed by atoms with Gasteiger partial charge in [0, 0.05) is 40.6 Å². The number of hydrogen-bond acceptors (Lipinski definition) is 6. The smallest absolute Gasteiger partial charge is 0.341 e. The van der Waals surface area contributed by atoms with Crippen LogP contribution in [0.2, 0.25) is 0 Å². The van der Waals surface area contributed by atoms with Gasteiger partial charge in [0.15, 0.2) is 5.79 Å². The van der Waals surface area contributed by atoms with E-state index in [4.69, 9.17) is 14.2 Å². The number of halogens is 1. The molecule has 1 N–H and O–H groups in total. The first-order valence-corrected chi connectivity index (χ1v) is 14.8. The molecule has 1 spiro atoms. The maximum absolute atomic E-state index is 14.1. The van der Waals surface area contributed by atoms with Gasteiger partial charge in [0.05, 0.1) is 30.2 Å². The number of carbonyl (C=O) groups excluding carboxylic acids is 1. The molecule has 4 heterocycles. The molecule has 3 aromatic carbocycles. The fourth-order valence-electron chi connectivity index (χ4n) is 5.65. The number of rotatable bonds is 6. The normalized spacial score (nSPS) is 15.5. The second-order valence-corrected chi connectivity index (χ2v) is 11.3. The SMILES string of the molecule is O=C(OCc1ccccc1)c1c(-c2ccc3c(c2)C2(CCS3)OCCO2)[nH]c(-c2ccc(F)cc2)c1-c1ccncc1. The van der Waals surface area contributed by atoms with Crippen molar-refractivity contribution in [2.24, 2.45) is 0 Å². The fourth-order valence-corrected chi connectivity index (χ4v) is 6.77. The number of esters is 1. The highest BCUT2D eigenvalue weighted by atomic mass is 32.2. The molecule has 5 aromatic rings. The maximum Gasteiger partial charge on any atom is 0.341 e. The number of hydrogen-bond donors (Lipinski definition) is 1. The summed E-state index contributed by atoms with van der Waals surface area (Å²) in [6, 6.07) is 25.6. The molecular formula is C34H27FN2O4S. The highest BCUT2D eigenvalue weighted by Gasteiger charge is 2.43. The second kappa shape index (κ2) is 11.2. The molecule has 0 saturated carbocycles. The van der Waals surface area contributed by atoms with E-state index in [2.05, 4.69) is 22.1 Å². The van der Waals surface area contributed by atoms with Crippen LogP contribution < -0.4 is 0 Å². The molecule has 2 aliphatic heterocycles. The van der Waals surface area contributed by atoms with Crippen molar-refractivity contribution in [2.75, 3.05) is 19.0 Å². The van der Waals surface area contributed by atoms with Crippen molar-refractivity contribution in [3.8, 4) is 33.6 Å². The van der Waals surface area contributed by atoms with Crippen molar-refractivity contribution >= 4 is 17.7 Å². The fraction of sp³-hybridized carbons (Fsp3) is 0.176. The molecule has 42 heavy (non-hydrogen) atoms. The Hall–Kier alpha value is -4.24. The van der Waals surface area contributed by atoms with Crippen LogP contribution in [0.1, 0.15) is 27.9 Å². The molecule has 0 aliphatic carbocycles. The molecule has 0 bridgehead atoms. The number of aromatic amines is 1. The lowest BCUT2D eigenvalue weighted by Gasteiger charge is -2.33. The van der Waals surface area contributed by atoms with Gasteiger partial charge >= 0.3 is 5.97 Å². The van der Waals surface area contributed by atoms with Crippen LogP contribution in [-0.4, -0.2) is 34.9 Å². The van der Waals surface area contributed by atoms with E-state index in [0.717, 1.165) is 44.9 Å². The van der Waals surface area contributed by atoms with E-state index in [1.165, 1.54) is 12.1 Å². The molecule has 0 atom stereocenters. The van der Waals surface area contributed by atoms with Crippen LogP contribution in [-0.2, 0) is 26.6 Å². The van der Waals surface area contributed by atoms with Crippen LogP contribution in [0.5, 0.6) is 0 Å². The minimum Gasteiger partial charge on any atom is -0.457 e. The molecule has 7 rings (SSSR count). The quantitative estimate of drug-likeness (QED) is 0.209. The van der Waals surface area contributed by atoms with Gasteiger partial charge in [0.25, 0.3) is 0 Å². The Kier molecular flexibility index (Phi) is 7.11. The number of fused-ring (bicyclic) bond motifs is 2. The van der Waals surface area contributed by atoms with E-state index in [0.29, 0.717) is 35.7 Å². The molecule has 0 unspecified atom stereocenters. The Labute approximate surface area is 246 Å². The molecule has 0 amide bonds. The van der Waals surface area contributed by atoms with Gasteiger partial charge in [-0.1, -0.05) is 36.4 Å². The van der Waals surface area contributed by atoms with E-state index >= 15 is 0 Å². The molecule has 210 valence electrons. The van der Waals surface area contributed by atoms with Crippen LogP contribution in [0.3, 0.4) is 0 Å². The Bertz CT molecular complexity index is 1730. The number of H-pyrrole nitrogens is 1.